The van der Waals surface area contributed by atoms with Crippen LogP contribution in [0.2, 0.25) is 0 Å². The Bertz CT molecular complexity index is 966. The van der Waals surface area contributed by atoms with Gasteiger partial charge >= 0.3 is 0 Å². The largest absolute Gasteiger partial charge is 0.459 e. The fourth-order valence-electron chi connectivity index (χ4n) is 2.07. The zero-order valence-corrected chi connectivity index (χ0v) is 13.7. The summed E-state index contributed by atoms with van der Waals surface area (Å²) in [4.78, 5) is 0. The van der Waals surface area contributed by atoms with E-state index in [9.17, 15) is 4.39 Å². The molecule has 9 heteroatoms. The van der Waals surface area contributed by atoms with Gasteiger partial charge in [0.2, 0.25) is 11.8 Å². The van der Waals surface area contributed by atoms with Crippen molar-refractivity contribution in [2.45, 2.75) is 17.4 Å². The lowest BCUT2D eigenvalue weighted by molar-refractivity contribution is 0.444. The Hall–Kier alpha value is -2.94. The Morgan fingerprint density at radius 3 is 2.52 bits per heavy atom. The number of benzene rings is 1. The second kappa shape index (κ2) is 6.52. The molecule has 0 N–H and O–H groups in total. The summed E-state index contributed by atoms with van der Waals surface area (Å²) in [5.74, 6) is 1.21. The first-order valence-electron chi connectivity index (χ1n) is 7.32. The third-order valence-electron chi connectivity index (χ3n) is 3.30. The van der Waals surface area contributed by atoms with Crippen molar-refractivity contribution in [1.29, 1.82) is 0 Å². The third kappa shape index (κ3) is 3.31. The summed E-state index contributed by atoms with van der Waals surface area (Å²) in [7, 11) is 0. The highest BCUT2D eigenvalue weighted by molar-refractivity contribution is 7.99. The Morgan fingerprint density at radius 1 is 0.960 bits per heavy atom. The van der Waals surface area contributed by atoms with Crippen molar-refractivity contribution < 1.29 is 17.6 Å². The van der Waals surface area contributed by atoms with E-state index in [2.05, 4.69) is 20.4 Å². The molecule has 25 heavy (non-hydrogen) atoms. The molecule has 0 spiro atoms. The molecule has 0 amide bonds. The Morgan fingerprint density at radius 2 is 1.76 bits per heavy atom. The molecule has 0 radical (unpaired) electrons. The van der Waals surface area contributed by atoms with Crippen LogP contribution in [0, 0.1) is 5.82 Å². The highest BCUT2D eigenvalue weighted by atomic mass is 32.2. The summed E-state index contributed by atoms with van der Waals surface area (Å²) >= 11 is 1.29. The van der Waals surface area contributed by atoms with Gasteiger partial charge < -0.3 is 13.3 Å². The van der Waals surface area contributed by atoms with Gasteiger partial charge in [-0.25, -0.2) is 4.39 Å². The van der Waals surface area contributed by atoms with Crippen molar-refractivity contribution in [3.05, 3.63) is 54.4 Å². The van der Waals surface area contributed by atoms with E-state index in [1.165, 1.54) is 30.2 Å². The van der Waals surface area contributed by atoms with Gasteiger partial charge in [-0.05, 0) is 43.3 Å². The van der Waals surface area contributed by atoms with Crippen molar-refractivity contribution >= 4 is 11.8 Å². The van der Waals surface area contributed by atoms with Crippen LogP contribution in [0.25, 0.3) is 23.1 Å². The van der Waals surface area contributed by atoms with Gasteiger partial charge in [0.25, 0.3) is 11.1 Å². The van der Waals surface area contributed by atoms with E-state index >= 15 is 0 Å². The molecule has 1 aromatic carbocycles. The van der Waals surface area contributed by atoms with Crippen molar-refractivity contribution in [2.75, 3.05) is 0 Å². The van der Waals surface area contributed by atoms with Gasteiger partial charge in [-0.1, -0.05) is 11.8 Å². The molecule has 0 aliphatic heterocycles. The summed E-state index contributed by atoms with van der Waals surface area (Å²) in [5, 5.41) is 16.1. The highest BCUT2D eigenvalue weighted by Gasteiger charge is 2.20. The average Bonchev–Trinajstić information content (AvgIpc) is 3.36. The number of nitrogens with zero attached hydrogens (tertiary/aromatic N) is 4. The second-order valence-corrected chi connectivity index (χ2v) is 6.35. The zero-order valence-electron chi connectivity index (χ0n) is 12.9. The number of rotatable bonds is 5. The summed E-state index contributed by atoms with van der Waals surface area (Å²) in [6, 6.07) is 9.32. The summed E-state index contributed by atoms with van der Waals surface area (Å²) < 4.78 is 29.4. The molecule has 4 aromatic rings. The van der Waals surface area contributed by atoms with Crippen molar-refractivity contribution in [1.82, 2.24) is 20.4 Å². The standard InChI is InChI=1S/C16H11FN4O3S/c1-9(25-16-21-20-15(24-16)12-3-2-8-22-12)13-18-19-14(23-13)10-4-6-11(17)7-5-10/h2-9H,1H3/t9-/m1/s1. The molecule has 0 aliphatic carbocycles. The number of hydrogen-bond acceptors (Lipinski definition) is 8. The maximum absolute atomic E-state index is 13.0. The van der Waals surface area contributed by atoms with E-state index in [4.69, 9.17) is 13.3 Å². The molecule has 4 rings (SSSR count). The Balaban J connectivity index is 1.48. The molecule has 3 heterocycles. The highest BCUT2D eigenvalue weighted by Crippen LogP contribution is 2.35. The second-order valence-electron chi connectivity index (χ2n) is 5.06. The van der Waals surface area contributed by atoms with Crippen LogP contribution in [-0.2, 0) is 0 Å². The van der Waals surface area contributed by atoms with Crippen LogP contribution in [0.4, 0.5) is 4.39 Å². The van der Waals surface area contributed by atoms with Crippen LogP contribution in [0.5, 0.6) is 0 Å². The SMILES string of the molecule is C[C@@H](Sc1nnc(-c2ccco2)o1)c1nnc(-c2ccc(F)cc2)o1. The summed E-state index contributed by atoms with van der Waals surface area (Å²) in [6.07, 6.45) is 1.53. The maximum atomic E-state index is 13.0. The first-order chi connectivity index (χ1) is 12.2. The minimum absolute atomic E-state index is 0.202. The van der Waals surface area contributed by atoms with Gasteiger partial charge in [-0.3, -0.25) is 0 Å². The van der Waals surface area contributed by atoms with Crippen LogP contribution < -0.4 is 0 Å². The molecule has 0 saturated carbocycles. The molecule has 0 bridgehead atoms. The Kier molecular flexibility index (Phi) is 4.06. The van der Waals surface area contributed by atoms with Gasteiger partial charge in [-0.2, -0.15) is 0 Å². The van der Waals surface area contributed by atoms with E-state index in [0.717, 1.165) is 0 Å². The predicted octanol–water partition coefficient (Wildman–Crippen LogP) is 4.37. The molecule has 7 nitrogen and oxygen atoms in total. The molecule has 0 unspecified atom stereocenters. The van der Waals surface area contributed by atoms with Crippen LogP contribution in [0.1, 0.15) is 18.1 Å². The normalized spacial score (nSPS) is 12.4. The molecule has 0 saturated heterocycles. The molecular formula is C16H11FN4O3S. The van der Waals surface area contributed by atoms with Crippen LogP contribution >= 0.6 is 11.8 Å². The van der Waals surface area contributed by atoms with E-state index in [1.54, 1.807) is 24.3 Å². The summed E-state index contributed by atoms with van der Waals surface area (Å²) in [6.45, 7) is 1.88. The lowest BCUT2D eigenvalue weighted by Crippen LogP contribution is -1.88. The smallest absolute Gasteiger partial charge is 0.284 e. The fourth-order valence-corrected chi connectivity index (χ4v) is 2.78. The fraction of sp³-hybridized carbons (Fsp3) is 0.125. The molecular weight excluding hydrogens is 347 g/mol. The molecule has 1 atom stereocenters. The van der Waals surface area contributed by atoms with Crippen LogP contribution in [0.15, 0.2) is 61.1 Å². The minimum atomic E-state index is -0.323. The van der Waals surface area contributed by atoms with E-state index in [-0.39, 0.29) is 11.1 Å². The van der Waals surface area contributed by atoms with Gasteiger partial charge in [0.15, 0.2) is 5.76 Å². The third-order valence-corrected chi connectivity index (χ3v) is 4.22. The first kappa shape index (κ1) is 15.6. The van der Waals surface area contributed by atoms with Gasteiger partial charge in [0.05, 0.1) is 11.5 Å². The number of hydrogen-bond donors (Lipinski definition) is 0. The number of halogens is 1. The number of furan rings is 1. The zero-order chi connectivity index (χ0) is 17.2. The number of aromatic nitrogens is 4. The van der Waals surface area contributed by atoms with Crippen molar-refractivity contribution in [3.63, 3.8) is 0 Å². The van der Waals surface area contributed by atoms with Gasteiger partial charge in [0, 0.05) is 5.56 Å². The van der Waals surface area contributed by atoms with E-state index < -0.39 is 0 Å². The monoisotopic (exact) mass is 358 g/mol. The topological polar surface area (TPSA) is 91.0 Å². The first-order valence-corrected chi connectivity index (χ1v) is 8.20. The van der Waals surface area contributed by atoms with Crippen LogP contribution in [0.3, 0.4) is 0 Å². The lowest BCUT2D eigenvalue weighted by Gasteiger charge is -2.01. The van der Waals surface area contributed by atoms with Gasteiger partial charge in [-0.15, -0.1) is 20.4 Å². The van der Waals surface area contributed by atoms with Gasteiger partial charge in [0.1, 0.15) is 5.82 Å². The summed E-state index contributed by atoms with van der Waals surface area (Å²) in [5.41, 5.74) is 0.648. The number of thioether (sulfide) groups is 1. The van der Waals surface area contributed by atoms with Crippen LogP contribution in [-0.4, -0.2) is 20.4 Å². The van der Waals surface area contributed by atoms with E-state index in [0.29, 0.717) is 34.2 Å². The minimum Gasteiger partial charge on any atom is -0.459 e. The maximum Gasteiger partial charge on any atom is 0.284 e. The van der Waals surface area contributed by atoms with E-state index in [1.807, 2.05) is 6.92 Å². The quantitative estimate of drug-likeness (QED) is 0.486. The molecule has 3 aromatic heterocycles. The lowest BCUT2D eigenvalue weighted by atomic mass is 10.2. The van der Waals surface area contributed by atoms with Crippen molar-refractivity contribution in [2.24, 2.45) is 0 Å². The molecule has 126 valence electrons. The molecule has 0 fully saturated rings. The molecule has 0 aliphatic rings. The Labute approximate surface area is 145 Å². The predicted molar refractivity (Wildman–Crippen MR) is 86.0 cm³/mol. The average molecular weight is 358 g/mol. The van der Waals surface area contributed by atoms with Crippen molar-refractivity contribution in [3.8, 4) is 23.1 Å².